The quantitative estimate of drug-likeness (QED) is 0.220. The number of hydrogen-bond acceptors (Lipinski definition) is 10. The molecule has 32 heavy (non-hydrogen) atoms. The maximum absolute atomic E-state index is 13.2. The van der Waals surface area contributed by atoms with E-state index < -0.39 is 75.6 Å². The normalized spacial score (nSPS) is 15.2. The van der Waals surface area contributed by atoms with Gasteiger partial charge in [-0.3, -0.25) is 9.59 Å². The number of esters is 2. The molecule has 1 rings (SSSR count). The molecule has 0 aromatic heterocycles. The first-order chi connectivity index (χ1) is 14.9. The van der Waals surface area contributed by atoms with Crippen LogP contribution in [0.25, 0.3) is 0 Å². The minimum Gasteiger partial charge on any atom is -0.462 e. The van der Waals surface area contributed by atoms with Crippen LogP contribution in [0.5, 0.6) is 0 Å². The van der Waals surface area contributed by atoms with Crippen molar-refractivity contribution in [3.8, 4) is 0 Å². The Hall–Kier alpha value is -2.34. The van der Waals surface area contributed by atoms with Gasteiger partial charge in [0, 0.05) is 0 Å². The topological polar surface area (TPSA) is 155 Å². The van der Waals surface area contributed by atoms with Gasteiger partial charge in [-0.05, 0) is 26.7 Å². The molecule has 1 aliphatic rings. The second-order valence-electron chi connectivity index (χ2n) is 6.85. The van der Waals surface area contributed by atoms with Gasteiger partial charge in [-0.25, -0.2) is 26.4 Å². The van der Waals surface area contributed by atoms with Crippen molar-refractivity contribution >= 4 is 43.2 Å². The average molecular weight is 493 g/mol. The van der Waals surface area contributed by atoms with E-state index in [0.29, 0.717) is 12.8 Å². The molecular weight excluding hydrogens is 464 g/mol. The lowest BCUT2D eigenvalue weighted by Crippen LogP contribution is -2.38. The fourth-order valence-corrected chi connectivity index (χ4v) is 6.39. The number of rotatable bonds is 12. The highest BCUT2D eigenvalue weighted by Gasteiger charge is 2.49. The van der Waals surface area contributed by atoms with Crippen LogP contribution in [0.2, 0.25) is 0 Å². The molecule has 0 radical (unpaired) electrons. The van der Waals surface area contributed by atoms with Gasteiger partial charge in [0.25, 0.3) is 0 Å². The van der Waals surface area contributed by atoms with Crippen molar-refractivity contribution in [1.29, 1.82) is 0 Å². The molecule has 12 heteroatoms. The molecule has 0 unspecified atom stereocenters. The second-order valence-corrected chi connectivity index (χ2v) is 10.9. The fourth-order valence-electron chi connectivity index (χ4n) is 2.90. The number of ketones is 2. The van der Waals surface area contributed by atoms with Gasteiger partial charge in [0.1, 0.15) is 21.0 Å². The van der Waals surface area contributed by atoms with E-state index in [0.717, 1.165) is 0 Å². The lowest BCUT2D eigenvalue weighted by atomic mass is 9.96. The Bertz CT molecular complexity index is 974. The minimum atomic E-state index is -4.54. The lowest BCUT2D eigenvalue weighted by molar-refractivity contribution is -0.142. The molecule has 0 bridgehead atoms. The second kappa shape index (κ2) is 11.5. The SMILES string of the molecule is CCCCS(=O)(=O)C1=C(C(=O)OCC)C(=O)C(S(=O)(=O)CCCC)=C(C(=O)OCC)C1=O. The number of unbranched alkanes of at least 4 members (excludes halogenated alkanes) is 2. The molecule has 0 aromatic carbocycles. The van der Waals surface area contributed by atoms with E-state index in [1.54, 1.807) is 13.8 Å². The van der Waals surface area contributed by atoms with Gasteiger partial charge < -0.3 is 9.47 Å². The molecule has 1 aliphatic carbocycles. The lowest BCUT2D eigenvalue weighted by Gasteiger charge is -2.22. The molecule has 0 saturated heterocycles. The molecule has 0 N–H and O–H groups in total. The Morgan fingerprint density at radius 3 is 1.22 bits per heavy atom. The maximum atomic E-state index is 13.2. The van der Waals surface area contributed by atoms with Crippen LogP contribution in [0.3, 0.4) is 0 Å². The third kappa shape index (κ3) is 5.91. The first-order valence-electron chi connectivity index (χ1n) is 10.3. The number of hydrogen-bond donors (Lipinski definition) is 0. The van der Waals surface area contributed by atoms with Crippen molar-refractivity contribution in [1.82, 2.24) is 0 Å². The summed E-state index contributed by atoms with van der Waals surface area (Å²) in [7, 11) is -9.07. The van der Waals surface area contributed by atoms with Crippen molar-refractivity contribution in [2.45, 2.75) is 53.4 Å². The monoisotopic (exact) mass is 492 g/mol. The standard InChI is InChI=1S/C20H28O10S2/c1-5-9-11-31(25,26)17-13(19(23)29-7-3)16(22)18(32(27,28)12-10-6-2)14(15(17)21)20(24)30-8-4/h5-12H2,1-4H3. The molecule has 0 aromatic rings. The zero-order valence-electron chi connectivity index (χ0n) is 18.6. The van der Waals surface area contributed by atoms with Gasteiger partial charge in [0.05, 0.1) is 24.7 Å². The van der Waals surface area contributed by atoms with Crippen LogP contribution in [0, 0.1) is 0 Å². The van der Waals surface area contributed by atoms with Gasteiger partial charge in [0.15, 0.2) is 19.7 Å². The summed E-state index contributed by atoms with van der Waals surface area (Å²) in [5, 5.41) is 0. The van der Waals surface area contributed by atoms with E-state index in [9.17, 15) is 36.0 Å². The zero-order chi connectivity index (χ0) is 24.7. The summed E-state index contributed by atoms with van der Waals surface area (Å²) in [6, 6.07) is 0. The van der Waals surface area contributed by atoms with Crippen molar-refractivity contribution in [2.75, 3.05) is 24.7 Å². The van der Waals surface area contributed by atoms with Crippen LogP contribution in [0.15, 0.2) is 21.0 Å². The first kappa shape index (κ1) is 27.7. The maximum Gasteiger partial charge on any atom is 0.343 e. The highest BCUT2D eigenvalue weighted by molar-refractivity contribution is 7.97. The molecule has 0 atom stereocenters. The third-order valence-electron chi connectivity index (χ3n) is 4.44. The number of allylic oxidation sites excluding steroid dienone is 2. The number of carbonyl (C=O) groups excluding carboxylic acids is 4. The van der Waals surface area contributed by atoms with Gasteiger partial charge in [-0.15, -0.1) is 0 Å². The van der Waals surface area contributed by atoms with E-state index in [4.69, 9.17) is 9.47 Å². The predicted molar refractivity (Wildman–Crippen MR) is 115 cm³/mol. The fraction of sp³-hybridized carbons (Fsp3) is 0.600. The average Bonchev–Trinajstić information content (AvgIpc) is 2.71. The number of Topliss-reactive ketones (excluding diaryl/α,β-unsaturated/α-hetero) is 2. The zero-order valence-corrected chi connectivity index (χ0v) is 20.2. The van der Waals surface area contributed by atoms with Crippen molar-refractivity contribution in [3.05, 3.63) is 21.0 Å². The Balaban J connectivity index is 3.99. The van der Waals surface area contributed by atoms with Crippen LogP contribution in [0.4, 0.5) is 0 Å². The Morgan fingerprint density at radius 2 is 0.969 bits per heavy atom. The van der Waals surface area contributed by atoms with E-state index >= 15 is 0 Å². The molecule has 0 spiro atoms. The van der Waals surface area contributed by atoms with Gasteiger partial charge in [0.2, 0.25) is 11.6 Å². The smallest absolute Gasteiger partial charge is 0.343 e. The van der Waals surface area contributed by atoms with Gasteiger partial charge >= 0.3 is 11.9 Å². The van der Waals surface area contributed by atoms with Crippen LogP contribution in [-0.2, 0) is 48.3 Å². The summed E-state index contributed by atoms with van der Waals surface area (Å²) in [4.78, 5) is 49.0. The Morgan fingerprint density at radius 1 is 0.656 bits per heavy atom. The Kier molecular flexibility index (Phi) is 9.96. The van der Waals surface area contributed by atoms with Crippen LogP contribution >= 0.6 is 0 Å². The minimum absolute atomic E-state index is 0.101. The van der Waals surface area contributed by atoms with Gasteiger partial charge in [-0.2, -0.15) is 0 Å². The van der Waals surface area contributed by atoms with Gasteiger partial charge in [-0.1, -0.05) is 26.7 Å². The summed E-state index contributed by atoms with van der Waals surface area (Å²) in [6.45, 7) is 5.62. The molecule has 0 heterocycles. The Labute approximate surface area is 187 Å². The van der Waals surface area contributed by atoms with Crippen LogP contribution < -0.4 is 0 Å². The molecule has 0 fully saturated rings. The van der Waals surface area contributed by atoms with E-state index in [1.807, 2.05) is 0 Å². The van der Waals surface area contributed by atoms with Crippen molar-refractivity contribution in [2.24, 2.45) is 0 Å². The number of ether oxygens (including phenoxy) is 2. The molecular formula is C20H28O10S2. The summed E-state index contributed by atoms with van der Waals surface area (Å²) < 4.78 is 61.1. The van der Waals surface area contributed by atoms with E-state index in [-0.39, 0.29) is 26.1 Å². The highest BCUT2D eigenvalue weighted by Crippen LogP contribution is 2.34. The highest BCUT2D eigenvalue weighted by atomic mass is 32.2. The molecule has 180 valence electrons. The summed E-state index contributed by atoms with van der Waals surface area (Å²) >= 11 is 0. The van der Waals surface area contributed by atoms with E-state index in [2.05, 4.69) is 0 Å². The predicted octanol–water partition coefficient (Wildman–Crippen LogP) is 1.20. The van der Waals surface area contributed by atoms with Crippen LogP contribution in [0.1, 0.15) is 53.4 Å². The summed E-state index contributed by atoms with van der Waals surface area (Å²) in [6.07, 6.45) is 1.04. The molecule has 0 aliphatic heterocycles. The van der Waals surface area contributed by atoms with Crippen LogP contribution in [-0.4, -0.2) is 65.1 Å². The van der Waals surface area contributed by atoms with E-state index in [1.165, 1.54) is 13.8 Å². The number of sulfone groups is 2. The third-order valence-corrected chi connectivity index (χ3v) is 8.11. The number of carbonyl (C=O) groups is 4. The van der Waals surface area contributed by atoms with Crippen molar-refractivity contribution < 1.29 is 45.5 Å². The molecule has 0 saturated carbocycles. The molecule has 0 amide bonds. The first-order valence-corrected chi connectivity index (χ1v) is 13.6. The van der Waals surface area contributed by atoms with Crippen molar-refractivity contribution in [3.63, 3.8) is 0 Å². The summed E-state index contributed by atoms with van der Waals surface area (Å²) in [5.41, 5.74) is -2.40. The largest absolute Gasteiger partial charge is 0.462 e. The molecule has 10 nitrogen and oxygen atoms in total. The summed E-state index contributed by atoms with van der Waals surface area (Å²) in [5.74, 6) is -7.20.